The van der Waals surface area contributed by atoms with Gasteiger partial charge in [0.15, 0.2) is 45.4 Å². The van der Waals surface area contributed by atoms with Crippen LogP contribution in [0.3, 0.4) is 0 Å². The van der Waals surface area contributed by atoms with Crippen LogP contribution in [0.5, 0.6) is 0 Å². The number of Topliss-reactive ketones (excluding diaryl/α,β-unsaturated/α-hetero) is 1. The van der Waals surface area contributed by atoms with Crippen molar-refractivity contribution in [2.75, 3.05) is 23.8 Å². The van der Waals surface area contributed by atoms with Gasteiger partial charge in [0.1, 0.15) is 43.5 Å². The summed E-state index contributed by atoms with van der Waals surface area (Å²) in [5, 5.41) is 18.4. The number of nitrogens with one attached hydrogen (secondary N) is 2. The zero-order chi connectivity index (χ0) is 64.3. The molecule has 0 aliphatic carbocycles. The molecule has 4 fully saturated rings. The van der Waals surface area contributed by atoms with E-state index in [-0.39, 0.29) is 121 Å². The number of halogens is 2. The van der Waals surface area contributed by atoms with Crippen LogP contribution in [0.2, 0.25) is 63.2 Å². The average molecular weight is 1310 g/mol. The minimum atomic E-state index is -3.19. The molecule has 8 heterocycles. The SMILES string of the molecule is CC(C)C(=O)Nc1nc(Cl)c2ncn([C@@H]3O[C@@H]4COC(C(C)C)(C(C)C)O[Si](C(C)C)(C(C)C)O[C@H]4[C@@]3(O)C#C[Si](C)(C)C)c2n1.CC(C)C(=O)Nc1nc(Cl)c2ncn([C@@H]3O[C@@H]4CO[Si](C(C)C)(C(C)C)O[Si](C(C)C)(C(C)C)O[C@H]4C3=O)c2n1. The van der Waals surface area contributed by atoms with E-state index in [1.807, 2.05) is 0 Å². The van der Waals surface area contributed by atoms with Crippen molar-refractivity contribution in [1.82, 2.24) is 39.0 Å². The van der Waals surface area contributed by atoms with Gasteiger partial charge in [0.25, 0.3) is 0 Å². The number of ether oxygens (including phenoxy) is 3. The molecule has 0 saturated carbocycles. The first-order chi connectivity index (χ1) is 39.8. The van der Waals surface area contributed by atoms with E-state index >= 15 is 0 Å². The Kier molecular flexibility index (Phi) is 21.3. The fourth-order valence-electron chi connectivity index (χ4n) is 11.8. The highest BCUT2D eigenvalue weighted by molar-refractivity contribution is 6.84. The van der Waals surface area contributed by atoms with Gasteiger partial charge in [-0.15, -0.1) is 5.54 Å². The molecule has 0 unspecified atom stereocenters. The van der Waals surface area contributed by atoms with Gasteiger partial charge in [0.2, 0.25) is 29.5 Å². The van der Waals surface area contributed by atoms with Crippen molar-refractivity contribution >= 4 is 109 Å². The number of amides is 2. The fourth-order valence-corrected chi connectivity index (χ4v) is 28.1. The van der Waals surface area contributed by atoms with E-state index in [1.54, 1.807) is 32.3 Å². The number of imidazole rings is 2. The number of carbonyl (C=O) groups excluding carboxylic acids is 3. The Labute approximate surface area is 522 Å². The van der Waals surface area contributed by atoms with Crippen molar-refractivity contribution in [3.8, 4) is 11.5 Å². The second-order valence-electron chi connectivity index (χ2n) is 27.4. The lowest BCUT2D eigenvalue weighted by atomic mass is 9.91. The quantitative estimate of drug-likeness (QED) is 0.0602. The molecule has 7 atom stereocenters. The fraction of sp³-hybridized carbons (Fsp3) is 0.741. The van der Waals surface area contributed by atoms with Crippen molar-refractivity contribution in [1.29, 1.82) is 0 Å². The van der Waals surface area contributed by atoms with Crippen LogP contribution < -0.4 is 10.6 Å². The Hall–Kier alpha value is -3.64. The normalized spacial score (nSPS) is 25.7. The Bertz CT molecular complexity index is 3150. The van der Waals surface area contributed by atoms with Crippen molar-refractivity contribution in [2.45, 2.75) is 240 Å². The molecule has 8 rings (SSSR count). The summed E-state index contributed by atoms with van der Waals surface area (Å²) in [6.07, 6.45) is -2.33. The van der Waals surface area contributed by atoms with Gasteiger partial charge in [-0.05, 0) is 33.2 Å². The van der Waals surface area contributed by atoms with Crippen LogP contribution in [0.25, 0.3) is 22.3 Å². The highest BCUT2D eigenvalue weighted by Gasteiger charge is 2.66. The van der Waals surface area contributed by atoms with Gasteiger partial charge in [-0.2, -0.15) is 19.9 Å². The molecule has 4 aromatic heterocycles. The summed E-state index contributed by atoms with van der Waals surface area (Å²) in [4.78, 5) is 65.1. The topological polar surface area (TPSA) is 257 Å². The zero-order valence-electron chi connectivity index (χ0n) is 54.6. The summed E-state index contributed by atoms with van der Waals surface area (Å²) in [7, 11) is -11.0. The van der Waals surface area contributed by atoms with Crippen molar-refractivity contribution in [3.63, 3.8) is 0 Å². The molecule has 4 aliphatic rings. The van der Waals surface area contributed by atoms with Gasteiger partial charge in [-0.3, -0.25) is 34.2 Å². The molecule has 4 aliphatic heterocycles. The third-order valence-corrected chi connectivity index (χ3v) is 32.8. The van der Waals surface area contributed by atoms with E-state index < -0.39 is 82.0 Å². The van der Waals surface area contributed by atoms with E-state index in [0.29, 0.717) is 11.0 Å². The molecule has 0 radical (unpaired) electrons. The number of rotatable bonds is 14. The van der Waals surface area contributed by atoms with Crippen LogP contribution in [0.15, 0.2) is 12.7 Å². The summed E-state index contributed by atoms with van der Waals surface area (Å²) in [5.74, 6) is 1.02. The molecular weight excluding hydrogens is 1210 g/mol. The number of nitrogens with zero attached hydrogens (tertiary/aromatic N) is 8. The highest BCUT2D eigenvalue weighted by Crippen LogP contribution is 2.52. The van der Waals surface area contributed by atoms with Gasteiger partial charge in [0.05, 0.1) is 25.9 Å². The van der Waals surface area contributed by atoms with Gasteiger partial charge in [0, 0.05) is 23.7 Å². The molecule has 86 heavy (non-hydrogen) atoms. The van der Waals surface area contributed by atoms with E-state index in [9.17, 15) is 19.5 Å². The monoisotopic (exact) mass is 1300 g/mol. The summed E-state index contributed by atoms with van der Waals surface area (Å²) >= 11 is 12.9. The third kappa shape index (κ3) is 13.3. The Morgan fingerprint density at radius 1 is 0.651 bits per heavy atom. The van der Waals surface area contributed by atoms with Crippen LogP contribution in [0.4, 0.5) is 11.9 Å². The van der Waals surface area contributed by atoms with Crippen molar-refractivity contribution < 1.29 is 55.5 Å². The highest BCUT2D eigenvalue weighted by atomic mass is 35.5. The van der Waals surface area contributed by atoms with Crippen LogP contribution in [-0.4, -0.2) is 145 Å². The molecule has 2 amide bonds. The van der Waals surface area contributed by atoms with Gasteiger partial charge < -0.3 is 41.1 Å². The summed E-state index contributed by atoms with van der Waals surface area (Å²) < 4.78 is 58.4. The molecule has 0 aromatic carbocycles. The number of fused-ring (bicyclic) bond motifs is 4. The lowest BCUT2D eigenvalue weighted by Crippen LogP contribution is -2.66. The van der Waals surface area contributed by atoms with E-state index in [0.717, 1.165) is 0 Å². The maximum Gasteiger partial charge on any atom is 0.346 e. The Balaban J connectivity index is 0.000000248. The maximum atomic E-state index is 14.0. The second-order valence-corrected chi connectivity index (χ2v) is 45.9. The largest absolute Gasteiger partial charge is 0.414 e. The minimum absolute atomic E-state index is 0.00715. The molecule has 0 bridgehead atoms. The lowest BCUT2D eigenvalue weighted by Gasteiger charge is -2.53. The number of hydrogen-bond acceptors (Lipinski definition) is 18. The predicted molar refractivity (Wildman–Crippen MR) is 341 cm³/mol. The number of anilines is 2. The zero-order valence-corrected chi connectivity index (χ0v) is 60.1. The molecule has 28 heteroatoms. The average Bonchev–Trinajstić information content (AvgIpc) is 1.53. The van der Waals surface area contributed by atoms with Crippen molar-refractivity contribution in [3.05, 3.63) is 23.0 Å². The van der Waals surface area contributed by atoms with E-state index in [1.165, 1.54) is 17.2 Å². The summed E-state index contributed by atoms with van der Waals surface area (Å²) in [5.41, 5.74) is 3.16. The van der Waals surface area contributed by atoms with Crippen LogP contribution in [0, 0.1) is 35.1 Å². The van der Waals surface area contributed by atoms with Gasteiger partial charge in [-0.25, -0.2) is 9.97 Å². The van der Waals surface area contributed by atoms with E-state index in [4.69, 9.17) is 59.2 Å². The molecule has 3 N–H and O–H groups in total. The van der Waals surface area contributed by atoms with Crippen molar-refractivity contribution in [2.24, 2.45) is 23.7 Å². The lowest BCUT2D eigenvalue weighted by molar-refractivity contribution is -0.278. The number of ketones is 1. The predicted octanol–water partition coefficient (Wildman–Crippen LogP) is 11.8. The number of aliphatic hydroxyl groups is 1. The van der Waals surface area contributed by atoms with Gasteiger partial charge >= 0.3 is 25.7 Å². The third-order valence-electron chi connectivity index (χ3n) is 16.7. The molecule has 4 aromatic rings. The van der Waals surface area contributed by atoms with Crippen LogP contribution >= 0.6 is 23.2 Å². The molecule has 4 saturated heterocycles. The standard InChI is InChI=1S/C32H52ClN5O6Si2.C26H42ClN5O6Si2/c1-18(2)28(39)37-30-35-26(33)24-27(36-30)38(17-34-24)29-31(40,14-15-45(11,12)13)25-23(42-29)16-41-32(19(3)4,20(5)6)44-46(43-25,21(7)8)22(9)10;1-13(2)24(34)31-26-29-22(27)19-23(30-26)32(12-28-19)25-20(33)21-18(36-25)11-35-39(14(3)4,15(5)6)38-40(37-21,16(7)8)17(9)10/h17-23,25,29,40H,16H2,1-13H3,(H,35,36,37,39);12-18,21,25H,11H2,1-10H3,(H,29,30,31,34)/t23-,25-,29-,31+;18-,21-,25-/m11/s1. The first-order valence-corrected chi connectivity index (χ1v) is 40.6. The minimum Gasteiger partial charge on any atom is -0.414 e. The summed E-state index contributed by atoms with van der Waals surface area (Å²) in [6, 6.07) is 0. The Morgan fingerprint density at radius 3 is 1.56 bits per heavy atom. The number of aromatic nitrogens is 8. The number of hydrogen-bond donors (Lipinski definition) is 3. The first kappa shape index (κ1) is 69.8. The Morgan fingerprint density at radius 2 is 1.12 bits per heavy atom. The van der Waals surface area contributed by atoms with Gasteiger partial charge in [-0.1, -0.05) is 187 Å². The van der Waals surface area contributed by atoms with E-state index in [2.05, 4.69) is 182 Å². The second kappa shape index (κ2) is 26.3. The molecule has 22 nitrogen and oxygen atoms in total. The first-order valence-electron chi connectivity index (χ1n) is 30.4. The smallest absolute Gasteiger partial charge is 0.346 e. The maximum absolute atomic E-state index is 14.0. The van der Waals surface area contributed by atoms with Crippen LogP contribution in [-0.2, 0) is 50.4 Å². The molecule has 0 spiro atoms. The molecular formula is C58H94Cl2N10O12Si4. The van der Waals surface area contributed by atoms with Crippen LogP contribution in [0.1, 0.15) is 151 Å². The summed E-state index contributed by atoms with van der Waals surface area (Å²) in [6.45, 7) is 47.5. The molecule has 478 valence electrons. The number of carbonyl (C=O) groups is 3.